The third-order valence-electron chi connectivity index (χ3n) is 4.38. The van der Waals surface area contributed by atoms with Crippen LogP contribution in [-0.2, 0) is 32.8 Å². The Kier molecular flexibility index (Phi) is 4.28. The van der Waals surface area contributed by atoms with Crippen LogP contribution in [0.25, 0.3) is 0 Å². The molecule has 1 aromatic heterocycles. The van der Waals surface area contributed by atoms with Crippen LogP contribution in [0.3, 0.4) is 0 Å². The van der Waals surface area contributed by atoms with Crippen LogP contribution >= 0.6 is 11.6 Å². The van der Waals surface area contributed by atoms with E-state index in [1.54, 1.807) is 24.1 Å². The fourth-order valence-corrected chi connectivity index (χ4v) is 3.25. The summed E-state index contributed by atoms with van der Waals surface area (Å²) in [6, 6.07) is 11.2. The number of aromatic nitrogens is 1. The highest BCUT2D eigenvalue weighted by molar-refractivity contribution is 6.29. The molecule has 2 heterocycles. The first-order chi connectivity index (χ1) is 11.5. The van der Waals surface area contributed by atoms with Crippen molar-refractivity contribution < 1.29 is 14.3 Å². The van der Waals surface area contributed by atoms with E-state index >= 15 is 0 Å². The normalized spacial score (nSPS) is 19.8. The number of methoxy groups -OCH3 is 1. The van der Waals surface area contributed by atoms with Gasteiger partial charge in [-0.3, -0.25) is 9.59 Å². The fourth-order valence-electron chi connectivity index (χ4n) is 3.09. The summed E-state index contributed by atoms with van der Waals surface area (Å²) in [5.74, 6) is -0.901. The third kappa shape index (κ3) is 2.65. The van der Waals surface area contributed by atoms with E-state index in [4.69, 9.17) is 16.3 Å². The van der Waals surface area contributed by atoms with Crippen molar-refractivity contribution in [1.29, 1.82) is 0 Å². The molecule has 1 amide bonds. The third-order valence-corrected chi connectivity index (χ3v) is 4.58. The molecule has 2 aromatic rings. The molecule has 1 unspecified atom stereocenters. The maximum Gasteiger partial charge on any atom is 0.325 e. The summed E-state index contributed by atoms with van der Waals surface area (Å²) in [7, 11) is 1.28. The average Bonchev–Trinajstić information content (AvgIpc) is 2.60. The van der Waals surface area contributed by atoms with E-state index in [0.29, 0.717) is 18.7 Å². The Morgan fingerprint density at radius 1 is 1.38 bits per heavy atom. The summed E-state index contributed by atoms with van der Waals surface area (Å²) < 4.78 is 4.91. The van der Waals surface area contributed by atoms with E-state index in [2.05, 4.69) is 4.98 Å². The van der Waals surface area contributed by atoms with Gasteiger partial charge in [-0.25, -0.2) is 4.98 Å². The zero-order valence-corrected chi connectivity index (χ0v) is 14.2. The van der Waals surface area contributed by atoms with Crippen LogP contribution in [0.1, 0.15) is 23.6 Å². The van der Waals surface area contributed by atoms with E-state index < -0.39 is 11.4 Å². The molecule has 1 aromatic carbocycles. The minimum Gasteiger partial charge on any atom is -0.468 e. The van der Waals surface area contributed by atoms with Crippen LogP contribution in [0, 0.1) is 0 Å². The van der Waals surface area contributed by atoms with Crippen LogP contribution in [0.4, 0.5) is 0 Å². The highest BCUT2D eigenvalue weighted by atomic mass is 35.5. The van der Waals surface area contributed by atoms with Gasteiger partial charge < -0.3 is 9.64 Å². The number of halogens is 1. The molecule has 0 radical (unpaired) electrons. The summed E-state index contributed by atoms with van der Waals surface area (Å²) in [4.78, 5) is 31.3. The quantitative estimate of drug-likeness (QED) is 0.488. The summed E-state index contributed by atoms with van der Waals surface area (Å²) in [5.41, 5.74) is 0.916. The van der Waals surface area contributed by atoms with Gasteiger partial charge in [-0.2, -0.15) is 0 Å². The van der Waals surface area contributed by atoms with Gasteiger partial charge in [-0.05, 0) is 29.7 Å². The van der Waals surface area contributed by atoms with Crippen molar-refractivity contribution in [3.05, 3.63) is 64.4 Å². The molecule has 0 aliphatic carbocycles. The van der Waals surface area contributed by atoms with E-state index in [1.165, 1.54) is 7.11 Å². The van der Waals surface area contributed by atoms with Crippen LogP contribution in [-0.4, -0.2) is 28.9 Å². The summed E-state index contributed by atoms with van der Waals surface area (Å²) >= 11 is 5.98. The van der Waals surface area contributed by atoms with Gasteiger partial charge in [0.05, 0.1) is 7.11 Å². The topological polar surface area (TPSA) is 59.5 Å². The highest BCUT2D eigenvalue weighted by Gasteiger charge is 2.50. The number of pyridine rings is 1. The first-order valence-corrected chi connectivity index (χ1v) is 7.91. The van der Waals surface area contributed by atoms with Crippen molar-refractivity contribution in [2.45, 2.75) is 25.4 Å². The minimum atomic E-state index is -1.43. The molecule has 0 N–H and O–H groups in total. The predicted octanol–water partition coefficient (Wildman–Crippen LogP) is 2.71. The molecule has 3 rings (SSSR count). The number of amides is 1. The maximum absolute atomic E-state index is 13.1. The number of hydrogen-bond acceptors (Lipinski definition) is 4. The van der Waals surface area contributed by atoms with Crippen molar-refractivity contribution in [3.8, 4) is 0 Å². The second kappa shape index (κ2) is 6.24. The molecule has 0 spiro atoms. The van der Waals surface area contributed by atoms with Gasteiger partial charge in [-0.1, -0.05) is 41.9 Å². The Morgan fingerprint density at radius 3 is 2.75 bits per heavy atom. The molecule has 24 heavy (non-hydrogen) atoms. The lowest BCUT2D eigenvalue weighted by atomic mass is 9.76. The van der Waals surface area contributed by atoms with Gasteiger partial charge in [0.2, 0.25) is 5.91 Å². The van der Waals surface area contributed by atoms with Gasteiger partial charge in [0.15, 0.2) is 5.41 Å². The lowest BCUT2D eigenvalue weighted by Crippen LogP contribution is -2.53. The smallest absolute Gasteiger partial charge is 0.325 e. The standard InChI is InChI=1S/C18H17ClN2O3/c1-18(17(23)24-2)14-8-15(19)20-9-13(14)11-21(16(18)22)10-12-6-4-3-5-7-12/h3-9H,10-11H2,1-2H3. The molecule has 0 saturated heterocycles. The van der Waals surface area contributed by atoms with E-state index in [0.717, 1.165) is 11.1 Å². The van der Waals surface area contributed by atoms with Crippen LogP contribution in [0.15, 0.2) is 42.6 Å². The molecule has 124 valence electrons. The highest BCUT2D eigenvalue weighted by Crippen LogP contribution is 2.37. The molecule has 5 nitrogen and oxygen atoms in total. The SMILES string of the molecule is COC(=O)C1(C)C(=O)N(Cc2ccccc2)Cc2cnc(Cl)cc21. The zero-order chi connectivity index (χ0) is 17.3. The second-order valence-electron chi connectivity index (χ2n) is 5.93. The molecule has 0 bridgehead atoms. The molecule has 0 fully saturated rings. The van der Waals surface area contributed by atoms with Crippen molar-refractivity contribution in [3.63, 3.8) is 0 Å². The first kappa shape index (κ1) is 16.5. The number of carbonyl (C=O) groups is 2. The summed E-state index contributed by atoms with van der Waals surface area (Å²) in [5, 5.41) is 0.244. The fraction of sp³-hybridized carbons (Fsp3) is 0.278. The van der Waals surface area contributed by atoms with E-state index in [-0.39, 0.29) is 11.1 Å². The Balaban J connectivity index is 2.06. The van der Waals surface area contributed by atoms with Crippen molar-refractivity contribution in [2.24, 2.45) is 0 Å². The maximum atomic E-state index is 13.1. The number of esters is 1. The summed E-state index contributed by atoms with van der Waals surface area (Å²) in [6.07, 6.45) is 1.61. The number of nitrogens with zero attached hydrogens (tertiary/aromatic N) is 2. The monoisotopic (exact) mass is 344 g/mol. The summed E-state index contributed by atoms with van der Waals surface area (Å²) in [6.45, 7) is 2.36. The van der Waals surface area contributed by atoms with Crippen molar-refractivity contribution in [1.82, 2.24) is 9.88 Å². The number of rotatable bonds is 3. The van der Waals surface area contributed by atoms with Crippen molar-refractivity contribution >= 4 is 23.5 Å². The lowest BCUT2D eigenvalue weighted by molar-refractivity contribution is -0.157. The van der Waals surface area contributed by atoms with E-state index in [9.17, 15) is 9.59 Å². The number of ether oxygens (including phenoxy) is 1. The molecular weight excluding hydrogens is 328 g/mol. The largest absolute Gasteiger partial charge is 0.468 e. The average molecular weight is 345 g/mol. The van der Waals surface area contributed by atoms with Gasteiger partial charge in [0, 0.05) is 19.3 Å². The molecule has 6 heteroatoms. The minimum absolute atomic E-state index is 0.244. The zero-order valence-electron chi connectivity index (χ0n) is 13.5. The lowest BCUT2D eigenvalue weighted by Gasteiger charge is -2.39. The molecule has 0 saturated carbocycles. The number of benzene rings is 1. The first-order valence-electron chi connectivity index (χ1n) is 7.53. The van der Waals surface area contributed by atoms with E-state index in [1.807, 2.05) is 30.3 Å². The van der Waals surface area contributed by atoms with Gasteiger partial charge >= 0.3 is 5.97 Å². The van der Waals surface area contributed by atoms with Crippen LogP contribution < -0.4 is 0 Å². The Labute approximate surface area is 145 Å². The van der Waals surface area contributed by atoms with Crippen molar-refractivity contribution in [2.75, 3.05) is 7.11 Å². The van der Waals surface area contributed by atoms with Crippen LogP contribution in [0.5, 0.6) is 0 Å². The molecule has 1 aliphatic rings. The predicted molar refractivity (Wildman–Crippen MR) is 89.3 cm³/mol. The number of carbonyl (C=O) groups excluding carboxylic acids is 2. The number of fused-ring (bicyclic) bond motifs is 1. The number of hydrogen-bond donors (Lipinski definition) is 0. The van der Waals surface area contributed by atoms with Gasteiger partial charge in [0.1, 0.15) is 5.15 Å². The molecule has 1 atom stereocenters. The second-order valence-corrected chi connectivity index (χ2v) is 6.31. The Bertz CT molecular complexity index is 794. The van der Waals surface area contributed by atoms with Crippen LogP contribution in [0.2, 0.25) is 5.15 Å². The molecule has 1 aliphatic heterocycles. The van der Waals surface area contributed by atoms with Gasteiger partial charge in [-0.15, -0.1) is 0 Å². The Morgan fingerprint density at radius 2 is 2.08 bits per heavy atom. The molecular formula is C18H17ClN2O3. The van der Waals surface area contributed by atoms with Gasteiger partial charge in [0.25, 0.3) is 0 Å². The Hall–Kier alpha value is -2.40.